The van der Waals surface area contributed by atoms with Crippen molar-refractivity contribution in [2.24, 2.45) is 0 Å². The Morgan fingerprint density at radius 3 is 2.71 bits per heavy atom. The van der Waals surface area contributed by atoms with Gasteiger partial charge in [0.1, 0.15) is 6.61 Å². The fourth-order valence-electron chi connectivity index (χ4n) is 1.14. The van der Waals surface area contributed by atoms with Gasteiger partial charge in [-0.3, -0.25) is 0 Å². The smallest absolute Gasteiger partial charge is 0.331 e. The van der Waals surface area contributed by atoms with Crippen molar-refractivity contribution < 1.29 is 14.6 Å². The monoisotopic (exact) mass is 232 g/mol. The van der Waals surface area contributed by atoms with Gasteiger partial charge in [0.15, 0.2) is 0 Å². The van der Waals surface area contributed by atoms with Crippen LogP contribution in [0.5, 0.6) is 0 Å². The van der Waals surface area contributed by atoms with Crippen LogP contribution in [0.2, 0.25) is 0 Å². The van der Waals surface area contributed by atoms with Crippen LogP contribution in [-0.2, 0) is 16.1 Å². The number of aliphatic hydroxyl groups excluding tert-OH is 1. The molecule has 0 bridgehead atoms. The van der Waals surface area contributed by atoms with E-state index >= 15 is 0 Å². The molecule has 0 radical (unpaired) electrons. The fourth-order valence-corrected chi connectivity index (χ4v) is 1.14. The van der Waals surface area contributed by atoms with Crippen molar-refractivity contribution in [3.63, 3.8) is 0 Å². The van der Waals surface area contributed by atoms with E-state index in [1.807, 2.05) is 30.3 Å². The predicted molar refractivity (Wildman–Crippen MR) is 66.2 cm³/mol. The van der Waals surface area contributed by atoms with Crippen molar-refractivity contribution in [3.05, 3.63) is 60.2 Å². The summed E-state index contributed by atoms with van der Waals surface area (Å²) in [6.45, 7) is 1.90. The first-order valence-corrected chi connectivity index (χ1v) is 5.42. The van der Waals surface area contributed by atoms with Crippen LogP contribution in [-0.4, -0.2) is 17.2 Å². The van der Waals surface area contributed by atoms with Crippen molar-refractivity contribution in [2.75, 3.05) is 0 Å². The van der Waals surface area contributed by atoms with Crippen LogP contribution in [0.15, 0.2) is 54.6 Å². The summed E-state index contributed by atoms with van der Waals surface area (Å²) >= 11 is 0. The SMILES string of the molecule is C[C@@H](O)/C=C\C=C\C(=O)OCc1ccccc1. The van der Waals surface area contributed by atoms with Crippen LogP contribution >= 0.6 is 0 Å². The highest BCUT2D eigenvalue weighted by Gasteiger charge is 1.96. The van der Waals surface area contributed by atoms with Crippen molar-refractivity contribution in [1.82, 2.24) is 0 Å². The first-order valence-electron chi connectivity index (χ1n) is 5.42. The third kappa shape index (κ3) is 6.33. The number of allylic oxidation sites excluding steroid dienone is 2. The molecular weight excluding hydrogens is 216 g/mol. The molecule has 0 saturated heterocycles. The zero-order chi connectivity index (χ0) is 12.5. The largest absolute Gasteiger partial charge is 0.458 e. The van der Waals surface area contributed by atoms with Crippen LogP contribution in [0.25, 0.3) is 0 Å². The minimum atomic E-state index is -0.514. The lowest BCUT2D eigenvalue weighted by Crippen LogP contribution is -2.00. The van der Waals surface area contributed by atoms with Crippen molar-refractivity contribution in [2.45, 2.75) is 19.6 Å². The molecule has 3 nitrogen and oxygen atoms in total. The molecular formula is C14H16O3. The van der Waals surface area contributed by atoms with E-state index in [0.717, 1.165) is 5.56 Å². The minimum absolute atomic E-state index is 0.268. The molecule has 0 saturated carbocycles. The summed E-state index contributed by atoms with van der Waals surface area (Å²) in [6.07, 6.45) is 5.53. The molecule has 1 atom stereocenters. The number of carbonyl (C=O) groups excluding carboxylic acids is 1. The maximum atomic E-state index is 11.3. The van der Waals surface area contributed by atoms with Crippen LogP contribution in [0, 0.1) is 0 Å². The number of ether oxygens (including phenoxy) is 1. The second-order valence-electron chi connectivity index (χ2n) is 3.58. The van der Waals surface area contributed by atoms with Gasteiger partial charge < -0.3 is 9.84 Å². The summed E-state index contributed by atoms with van der Waals surface area (Å²) in [7, 11) is 0. The Morgan fingerprint density at radius 2 is 2.06 bits per heavy atom. The van der Waals surface area contributed by atoms with E-state index in [9.17, 15) is 4.79 Å². The second-order valence-corrected chi connectivity index (χ2v) is 3.58. The van der Waals surface area contributed by atoms with Crippen molar-refractivity contribution in [3.8, 4) is 0 Å². The molecule has 1 rings (SSSR count). The van der Waals surface area contributed by atoms with Gasteiger partial charge >= 0.3 is 5.97 Å². The second kappa shape index (κ2) is 7.41. The van der Waals surface area contributed by atoms with E-state index in [4.69, 9.17) is 9.84 Å². The van der Waals surface area contributed by atoms with E-state index in [1.165, 1.54) is 6.08 Å². The zero-order valence-corrected chi connectivity index (χ0v) is 9.74. The topological polar surface area (TPSA) is 46.5 Å². The van der Waals surface area contributed by atoms with E-state index in [2.05, 4.69) is 0 Å². The molecule has 1 aromatic rings. The average molecular weight is 232 g/mol. The molecule has 0 aliphatic carbocycles. The maximum Gasteiger partial charge on any atom is 0.331 e. The summed E-state index contributed by atoms with van der Waals surface area (Å²) in [4.78, 5) is 11.3. The fraction of sp³-hybridized carbons (Fsp3) is 0.214. The summed E-state index contributed by atoms with van der Waals surface area (Å²) in [5, 5.41) is 8.93. The lowest BCUT2D eigenvalue weighted by molar-refractivity contribution is -0.139. The van der Waals surface area contributed by atoms with Crippen LogP contribution in [0.3, 0.4) is 0 Å². The highest BCUT2D eigenvalue weighted by molar-refractivity contribution is 5.82. The number of aliphatic hydroxyl groups is 1. The van der Waals surface area contributed by atoms with Crippen LogP contribution < -0.4 is 0 Å². The lowest BCUT2D eigenvalue weighted by atomic mass is 10.2. The van der Waals surface area contributed by atoms with E-state index in [1.54, 1.807) is 25.2 Å². The molecule has 0 aromatic heterocycles. The molecule has 0 fully saturated rings. The van der Waals surface area contributed by atoms with E-state index in [0.29, 0.717) is 0 Å². The minimum Gasteiger partial charge on any atom is -0.458 e. The van der Waals surface area contributed by atoms with E-state index < -0.39 is 12.1 Å². The maximum absolute atomic E-state index is 11.3. The van der Waals surface area contributed by atoms with E-state index in [-0.39, 0.29) is 6.61 Å². The Kier molecular flexibility index (Phi) is 5.75. The Hall–Kier alpha value is -1.87. The van der Waals surface area contributed by atoms with Gasteiger partial charge in [-0.05, 0) is 12.5 Å². The zero-order valence-electron chi connectivity index (χ0n) is 9.74. The molecule has 1 N–H and O–H groups in total. The summed E-state index contributed by atoms with van der Waals surface area (Å²) < 4.78 is 5.01. The Balaban J connectivity index is 2.31. The van der Waals surface area contributed by atoms with Gasteiger partial charge in [-0.1, -0.05) is 48.6 Å². The third-order valence-electron chi connectivity index (χ3n) is 1.96. The molecule has 0 aliphatic rings. The predicted octanol–water partition coefficient (Wildman–Crippen LogP) is 2.22. The lowest BCUT2D eigenvalue weighted by Gasteiger charge is -2.00. The Bertz CT molecular complexity index is 391. The molecule has 0 aliphatic heterocycles. The molecule has 0 spiro atoms. The summed E-state index contributed by atoms with van der Waals surface area (Å²) in [5.74, 6) is -0.399. The van der Waals surface area contributed by atoms with Gasteiger partial charge in [0.05, 0.1) is 6.10 Å². The van der Waals surface area contributed by atoms with Crippen molar-refractivity contribution in [1.29, 1.82) is 0 Å². The molecule has 1 aromatic carbocycles. The number of benzene rings is 1. The van der Waals surface area contributed by atoms with Gasteiger partial charge in [0, 0.05) is 6.08 Å². The van der Waals surface area contributed by atoms with Gasteiger partial charge in [-0.15, -0.1) is 0 Å². The number of hydrogen-bond acceptors (Lipinski definition) is 3. The molecule has 90 valence electrons. The van der Waals surface area contributed by atoms with Gasteiger partial charge in [-0.25, -0.2) is 4.79 Å². The number of hydrogen-bond donors (Lipinski definition) is 1. The standard InChI is InChI=1S/C14H16O3/c1-12(15)7-5-6-10-14(16)17-11-13-8-3-2-4-9-13/h2-10,12,15H,11H2,1H3/b7-5-,10-6+/t12-/m1/s1. The molecule has 17 heavy (non-hydrogen) atoms. The number of carbonyl (C=O) groups is 1. The third-order valence-corrected chi connectivity index (χ3v) is 1.96. The Labute approximate surface area is 101 Å². The van der Waals surface area contributed by atoms with Gasteiger partial charge in [0.25, 0.3) is 0 Å². The quantitative estimate of drug-likeness (QED) is 0.481. The van der Waals surface area contributed by atoms with Crippen LogP contribution in [0.1, 0.15) is 12.5 Å². The average Bonchev–Trinajstić information content (AvgIpc) is 2.33. The van der Waals surface area contributed by atoms with Gasteiger partial charge in [-0.2, -0.15) is 0 Å². The summed E-state index contributed by atoms with van der Waals surface area (Å²) in [6, 6.07) is 9.48. The first-order chi connectivity index (χ1) is 8.18. The number of rotatable bonds is 5. The van der Waals surface area contributed by atoms with Crippen LogP contribution in [0.4, 0.5) is 0 Å². The Morgan fingerprint density at radius 1 is 1.35 bits per heavy atom. The normalized spacial score (nSPS) is 13.1. The number of esters is 1. The molecule has 0 unspecified atom stereocenters. The van der Waals surface area contributed by atoms with Gasteiger partial charge in [0.2, 0.25) is 0 Å². The molecule has 3 heteroatoms. The molecule has 0 amide bonds. The van der Waals surface area contributed by atoms with Crippen molar-refractivity contribution >= 4 is 5.97 Å². The highest BCUT2D eigenvalue weighted by Crippen LogP contribution is 2.00. The highest BCUT2D eigenvalue weighted by atomic mass is 16.5. The first kappa shape index (κ1) is 13.2. The summed E-state index contributed by atoms with van der Waals surface area (Å²) in [5.41, 5.74) is 0.953. The molecule has 0 heterocycles.